The maximum Gasteiger partial charge on any atom is 0.137 e. The lowest BCUT2D eigenvalue weighted by Crippen LogP contribution is -2.20. The molecule has 3 nitrogen and oxygen atoms in total. The van der Waals surface area contributed by atoms with E-state index < -0.39 is 0 Å². The molecule has 100 valence electrons. The highest BCUT2D eigenvalue weighted by molar-refractivity contribution is 5.63. The first kappa shape index (κ1) is 13.6. The van der Waals surface area contributed by atoms with Crippen molar-refractivity contribution in [3.63, 3.8) is 0 Å². The minimum atomic E-state index is 0.505. The van der Waals surface area contributed by atoms with E-state index in [-0.39, 0.29) is 0 Å². The molecule has 3 heteroatoms. The predicted molar refractivity (Wildman–Crippen MR) is 80.7 cm³/mol. The molecule has 0 aliphatic rings. The van der Waals surface area contributed by atoms with Gasteiger partial charge in [0.1, 0.15) is 5.82 Å². The summed E-state index contributed by atoms with van der Waals surface area (Å²) in [5.41, 5.74) is 10.3. The van der Waals surface area contributed by atoms with E-state index in [1.807, 2.05) is 13.0 Å². The number of aryl methyl sites for hydroxylation is 2. The van der Waals surface area contributed by atoms with Crippen molar-refractivity contribution >= 4 is 11.5 Å². The van der Waals surface area contributed by atoms with Crippen molar-refractivity contribution in [1.29, 1.82) is 0 Å². The van der Waals surface area contributed by atoms with Crippen LogP contribution in [0.3, 0.4) is 0 Å². The average molecular weight is 255 g/mol. The standard InChI is InChI=1S/C16H21N3/c1-4-19(15-7-5-6-12(2)10-15)16-14(11-17)9-8-13(3)18-16/h5-10H,4,11,17H2,1-3H3. The number of nitrogens with zero attached hydrogens (tertiary/aromatic N) is 2. The third-order valence-electron chi connectivity index (χ3n) is 3.20. The number of hydrogen-bond donors (Lipinski definition) is 1. The first-order valence-electron chi connectivity index (χ1n) is 6.66. The molecule has 0 aliphatic carbocycles. The Morgan fingerprint density at radius 2 is 1.95 bits per heavy atom. The Kier molecular flexibility index (Phi) is 4.17. The van der Waals surface area contributed by atoms with Crippen LogP contribution in [0.15, 0.2) is 36.4 Å². The van der Waals surface area contributed by atoms with Gasteiger partial charge in [-0.15, -0.1) is 0 Å². The van der Waals surface area contributed by atoms with Crippen LogP contribution in [-0.2, 0) is 6.54 Å². The summed E-state index contributed by atoms with van der Waals surface area (Å²) in [5.74, 6) is 0.968. The van der Waals surface area contributed by atoms with E-state index in [2.05, 4.69) is 54.1 Å². The van der Waals surface area contributed by atoms with E-state index >= 15 is 0 Å². The number of pyridine rings is 1. The van der Waals surface area contributed by atoms with Gasteiger partial charge in [0.05, 0.1) is 0 Å². The Morgan fingerprint density at radius 3 is 2.58 bits per heavy atom. The normalized spacial score (nSPS) is 10.5. The molecule has 2 rings (SSSR count). The highest BCUT2D eigenvalue weighted by atomic mass is 15.2. The summed E-state index contributed by atoms with van der Waals surface area (Å²) in [6, 6.07) is 12.5. The lowest BCUT2D eigenvalue weighted by Gasteiger charge is -2.25. The summed E-state index contributed by atoms with van der Waals surface area (Å²) in [6.45, 7) is 7.61. The predicted octanol–water partition coefficient (Wildman–Crippen LogP) is 3.32. The maximum atomic E-state index is 5.83. The van der Waals surface area contributed by atoms with Crippen LogP contribution in [0.2, 0.25) is 0 Å². The Bertz CT molecular complexity index is 564. The molecule has 0 saturated carbocycles. The number of hydrogen-bond acceptors (Lipinski definition) is 3. The van der Waals surface area contributed by atoms with E-state index in [0.29, 0.717) is 6.54 Å². The van der Waals surface area contributed by atoms with Crippen LogP contribution in [0.5, 0.6) is 0 Å². The van der Waals surface area contributed by atoms with Crippen LogP contribution in [0.4, 0.5) is 11.5 Å². The molecule has 0 saturated heterocycles. The Hall–Kier alpha value is -1.87. The van der Waals surface area contributed by atoms with Gasteiger partial charge in [0, 0.05) is 30.0 Å². The highest BCUT2D eigenvalue weighted by Crippen LogP contribution is 2.27. The molecule has 0 fully saturated rings. The smallest absolute Gasteiger partial charge is 0.137 e. The quantitative estimate of drug-likeness (QED) is 0.911. The summed E-state index contributed by atoms with van der Waals surface area (Å²) < 4.78 is 0. The lowest BCUT2D eigenvalue weighted by molar-refractivity contribution is 0.937. The van der Waals surface area contributed by atoms with Crippen molar-refractivity contribution in [3.8, 4) is 0 Å². The topological polar surface area (TPSA) is 42.2 Å². The molecule has 0 bridgehead atoms. The molecular weight excluding hydrogens is 234 g/mol. The van der Waals surface area contributed by atoms with Gasteiger partial charge in [0.2, 0.25) is 0 Å². The van der Waals surface area contributed by atoms with Crippen molar-refractivity contribution < 1.29 is 0 Å². The second-order valence-corrected chi connectivity index (χ2v) is 4.72. The molecule has 19 heavy (non-hydrogen) atoms. The van der Waals surface area contributed by atoms with Crippen LogP contribution < -0.4 is 10.6 Å². The number of benzene rings is 1. The molecule has 0 atom stereocenters. The SMILES string of the molecule is CCN(c1cccc(C)c1)c1nc(C)ccc1CN. The van der Waals surface area contributed by atoms with Gasteiger partial charge in [-0.2, -0.15) is 0 Å². The summed E-state index contributed by atoms with van der Waals surface area (Å²) in [7, 11) is 0. The van der Waals surface area contributed by atoms with Gasteiger partial charge in [-0.05, 0) is 44.5 Å². The van der Waals surface area contributed by atoms with E-state index in [0.717, 1.165) is 29.3 Å². The zero-order chi connectivity index (χ0) is 13.8. The van der Waals surface area contributed by atoms with Crippen molar-refractivity contribution in [2.24, 2.45) is 5.73 Å². The van der Waals surface area contributed by atoms with Crippen molar-refractivity contribution in [1.82, 2.24) is 4.98 Å². The Labute approximate surface area is 115 Å². The number of aromatic nitrogens is 1. The van der Waals surface area contributed by atoms with E-state index in [9.17, 15) is 0 Å². The lowest BCUT2D eigenvalue weighted by atomic mass is 10.1. The summed E-state index contributed by atoms with van der Waals surface area (Å²) in [6.07, 6.45) is 0. The van der Waals surface area contributed by atoms with Crippen LogP contribution in [0.25, 0.3) is 0 Å². The molecule has 0 aliphatic heterocycles. The maximum absolute atomic E-state index is 5.83. The van der Waals surface area contributed by atoms with Crippen molar-refractivity contribution in [2.75, 3.05) is 11.4 Å². The van der Waals surface area contributed by atoms with Crippen LogP contribution in [0.1, 0.15) is 23.7 Å². The van der Waals surface area contributed by atoms with Crippen LogP contribution >= 0.6 is 0 Å². The molecule has 0 unspecified atom stereocenters. The third-order valence-corrected chi connectivity index (χ3v) is 3.20. The van der Waals surface area contributed by atoms with E-state index in [1.54, 1.807) is 0 Å². The van der Waals surface area contributed by atoms with E-state index in [1.165, 1.54) is 5.56 Å². The first-order chi connectivity index (χ1) is 9.15. The number of nitrogens with two attached hydrogens (primary N) is 1. The monoisotopic (exact) mass is 255 g/mol. The third kappa shape index (κ3) is 2.93. The molecule has 1 aromatic carbocycles. The summed E-state index contributed by atoms with van der Waals surface area (Å²) in [4.78, 5) is 6.88. The molecular formula is C16H21N3. The Morgan fingerprint density at radius 1 is 1.16 bits per heavy atom. The zero-order valence-electron chi connectivity index (χ0n) is 11.9. The van der Waals surface area contributed by atoms with E-state index in [4.69, 9.17) is 5.73 Å². The molecule has 0 radical (unpaired) electrons. The van der Waals surface area contributed by atoms with Crippen molar-refractivity contribution in [2.45, 2.75) is 27.3 Å². The van der Waals surface area contributed by atoms with Gasteiger partial charge in [-0.1, -0.05) is 18.2 Å². The number of anilines is 2. The minimum absolute atomic E-state index is 0.505. The van der Waals surface area contributed by atoms with Crippen LogP contribution in [-0.4, -0.2) is 11.5 Å². The molecule has 0 spiro atoms. The molecule has 2 N–H and O–H groups in total. The molecule has 1 aromatic heterocycles. The minimum Gasteiger partial charge on any atom is -0.326 e. The number of rotatable bonds is 4. The van der Waals surface area contributed by atoms with Gasteiger partial charge in [0.25, 0.3) is 0 Å². The molecule has 1 heterocycles. The largest absolute Gasteiger partial charge is 0.326 e. The Balaban J connectivity index is 2.50. The fourth-order valence-corrected chi connectivity index (χ4v) is 2.22. The van der Waals surface area contributed by atoms with Gasteiger partial charge in [-0.3, -0.25) is 0 Å². The average Bonchev–Trinajstić information content (AvgIpc) is 2.40. The zero-order valence-corrected chi connectivity index (χ0v) is 11.9. The van der Waals surface area contributed by atoms with Crippen molar-refractivity contribution in [3.05, 3.63) is 53.2 Å². The fourth-order valence-electron chi connectivity index (χ4n) is 2.22. The second kappa shape index (κ2) is 5.85. The summed E-state index contributed by atoms with van der Waals surface area (Å²) >= 11 is 0. The first-order valence-corrected chi connectivity index (χ1v) is 6.66. The van der Waals surface area contributed by atoms with Gasteiger partial charge >= 0.3 is 0 Å². The highest BCUT2D eigenvalue weighted by Gasteiger charge is 2.13. The van der Waals surface area contributed by atoms with Gasteiger partial charge in [-0.25, -0.2) is 4.98 Å². The van der Waals surface area contributed by atoms with Crippen LogP contribution in [0, 0.1) is 13.8 Å². The van der Waals surface area contributed by atoms with Gasteiger partial charge < -0.3 is 10.6 Å². The second-order valence-electron chi connectivity index (χ2n) is 4.72. The molecule has 2 aromatic rings. The fraction of sp³-hybridized carbons (Fsp3) is 0.312. The molecule has 0 amide bonds. The van der Waals surface area contributed by atoms with Gasteiger partial charge in [0.15, 0.2) is 0 Å². The summed E-state index contributed by atoms with van der Waals surface area (Å²) in [5, 5.41) is 0.